The van der Waals surface area contributed by atoms with Crippen molar-refractivity contribution in [2.45, 2.75) is 110 Å². The van der Waals surface area contributed by atoms with Crippen LogP contribution < -0.4 is 5.32 Å². The van der Waals surface area contributed by atoms with Crippen molar-refractivity contribution < 1.29 is 38.2 Å². The number of aliphatic hydroxyl groups excluding tert-OH is 4. The molecule has 0 radical (unpaired) electrons. The summed E-state index contributed by atoms with van der Waals surface area (Å²) in [4.78, 5) is 12.5. The number of rotatable bonds is 9. The van der Waals surface area contributed by atoms with Crippen molar-refractivity contribution in [1.82, 2.24) is 5.32 Å². The van der Waals surface area contributed by atoms with Gasteiger partial charge in [-0.1, -0.05) is 34.1 Å². The number of carbonyl (C=O) groups is 1. The van der Waals surface area contributed by atoms with Crippen LogP contribution in [0.25, 0.3) is 0 Å². The van der Waals surface area contributed by atoms with E-state index in [1.807, 2.05) is 0 Å². The fourth-order valence-corrected chi connectivity index (χ4v) is 10.8. The Morgan fingerprint density at radius 1 is 1.05 bits per heavy atom. The van der Waals surface area contributed by atoms with Crippen LogP contribution in [0.4, 0.5) is 0 Å². The van der Waals surface area contributed by atoms with Gasteiger partial charge in [-0.25, -0.2) is 0 Å². The van der Waals surface area contributed by atoms with E-state index in [0.717, 1.165) is 38.5 Å². The molecule has 1 amide bonds. The van der Waals surface area contributed by atoms with Gasteiger partial charge in [0.15, 0.2) is 0 Å². The molecule has 9 nitrogen and oxygen atoms in total. The summed E-state index contributed by atoms with van der Waals surface area (Å²) in [5, 5.41) is 46.0. The third-order valence-electron chi connectivity index (χ3n) is 12.1. The van der Waals surface area contributed by atoms with E-state index in [0.29, 0.717) is 12.8 Å². The highest BCUT2D eigenvalue weighted by atomic mass is 32.2. The van der Waals surface area contributed by atoms with Crippen LogP contribution in [0, 0.1) is 52.3 Å². The molecule has 4 aliphatic rings. The van der Waals surface area contributed by atoms with Crippen LogP contribution in [0.1, 0.15) is 85.5 Å². The molecule has 0 aliphatic heterocycles. The Morgan fingerprint density at radius 3 is 2.36 bits per heavy atom. The zero-order chi connectivity index (χ0) is 28.9. The summed E-state index contributed by atoms with van der Waals surface area (Å²) in [6, 6.07) is -1.06. The minimum absolute atomic E-state index is 0.000793. The van der Waals surface area contributed by atoms with Crippen molar-refractivity contribution in [3.63, 3.8) is 0 Å². The number of nitrogens with one attached hydrogen (secondary N) is 1. The highest BCUT2D eigenvalue weighted by Crippen LogP contribution is 2.69. The molecule has 4 rings (SSSR count). The van der Waals surface area contributed by atoms with Crippen LogP contribution >= 0.6 is 0 Å². The second-order valence-corrected chi connectivity index (χ2v) is 15.4. The Morgan fingerprint density at radius 2 is 1.74 bits per heavy atom. The van der Waals surface area contributed by atoms with Crippen molar-refractivity contribution >= 4 is 16.0 Å². The quantitative estimate of drug-likeness (QED) is 0.229. The predicted octanol–water partition coefficient (Wildman–Crippen LogP) is 2.37. The summed E-state index contributed by atoms with van der Waals surface area (Å²) in [6.07, 6.45) is 5.30. The van der Waals surface area contributed by atoms with Crippen LogP contribution in [0.5, 0.6) is 0 Å². The topological polar surface area (TPSA) is 164 Å². The Balaban J connectivity index is 1.48. The number of aliphatic hydroxyl groups is 4. The Bertz CT molecular complexity index is 992. The molecule has 0 aromatic carbocycles. The van der Waals surface area contributed by atoms with E-state index in [9.17, 15) is 33.6 Å². The van der Waals surface area contributed by atoms with Gasteiger partial charge in [-0.05, 0) is 97.2 Å². The number of fused-ring (bicyclic) bond motifs is 5. The van der Waals surface area contributed by atoms with Gasteiger partial charge in [-0.3, -0.25) is 9.35 Å². The van der Waals surface area contributed by atoms with Crippen molar-refractivity contribution in [1.29, 1.82) is 0 Å². The lowest BCUT2D eigenvalue weighted by molar-refractivity contribution is -0.228. The van der Waals surface area contributed by atoms with Crippen molar-refractivity contribution in [3.05, 3.63) is 0 Å². The number of carbonyl (C=O) groups excluding carboxylic acids is 1. The van der Waals surface area contributed by atoms with Gasteiger partial charge in [0.2, 0.25) is 5.91 Å². The smallest absolute Gasteiger partial charge is 0.266 e. The van der Waals surface area contributed by atoms with Crippen LogP contribution in [-0.4, -0.2) is 76.0 Å². The fraction of sp³-hybridized carbons (Fsp3) is 0.966. The zero-order valence-electron chi connectivity index (χ0n) is 24.0. The average Bonchev–Trinajstić information content (AvgIpc) is 3.22. The summed E-state index contributed by atoms with van der Waals surface area (Å²) < 4.78 is 31.3. The molecular weight excluding hydrogens is 522 g/mol. The monoisotopic (exact) mass is 573 g/mol. The first kappa shape index (κ1) is 31.2. The second kappa shape index (κ2) is 11.5. The van der Waals surface area contributed by atoms with E-state index in [1.165, 1.54) is 0 Å². The molecule has 10 heteroatoms. The van der Waals surface area contributed by atoms with Gasteiger partial charge in [0.25, 0.3) is 10.1 Å². The number of hydrogen-bond donors (Lipinski definition) is 6. The van der Waals surface area contributed by atoms with Crippen LogP contribution in [-0.2, 0) is 14.9 Å². The Labute approximate surface area is 233 Å². The normalized spacial score (nSPS) is 45.5. The minimum Gasteiger partial charge on any atom is -0.394 e. The largest absolute Gasteiger partial charge is 0.394 e. The first-order valence-corrected chi connectivity index (χ1v) is 16.7. The van der Waals surface area contributed by atoms with Gasteiger partial charge in [0, 0.05) is 6.42 Å². The lowest BCUT2D eigenvalue weighted by Crippen LogP contribution is -2.65. The van der Waals surface area contributed by atoms with E-state index < -0.39 is 40.7 Å². The fourth-order valence-electron chi connectivity index (χ4n) is 10.1. The van der Waals surface area contributed by atoms with Crippen molar-refractivity contribution in [3.8, 4) is 0 Å². The van der Waals surface area contributed by atoms with E-state index in [-0.39, 0.29) is 70.7 Å². The van der Waals surface area contributed by atoms with Gasteiger partial charge < -0.3 is 25.7 Å². The van der Waals surface area contributed by atoms with Crippen molar-refractivity contribution in [2.24, 2.45) is 52.3 Å². The predicted molar refractivity (Wildman–Crippen MR) is 147 cm³/mol. The maximum Gasteiger partial charge on any atom is 0.266 e. The van der Waals surface area contributed by atoms with E-state index in [4.69, 9.17) is 4.55 Å². The van der Waals surface area contributed by atoms with Crippen molar-refractivity contribution in [2.75, 3.05) is 12.4 Å². The Kier molecular flexibility index (Phi) is 9.17. The minimum atomic E-state index is -4.32. The molecule has 6 N–H and O–H groups in total. The summed E-state index contributed by atoms with van der Waals surface area (Å²) in [6.45, 7) is 8.21. The molecule has 0 bridgehead atoms. The third-order valence-corrected chi connectivity index (χ3v) is 12.9. The average molecular weight is 574 g/mol. The first-order chi connectivity index (χ1) is 18.2. The molecule has 0 unspecified atom stereocenters. The van der Waals surface area contributed by atoms with Gasteiger partial charge >= 0.3 is 0 Å². The molecule has 13 atom stereocenters. The lowest BCUT2D eigenvalue weighted by Gasteiger charge is -2.65. The summed E-state index contributed by atoms with van der Waals surface area (Å²) >= 11 is 0. The Hall–Kier alpha value is -0.780. The number of hydrogen-bond acceptors (Lipinski definition) is 7. The van der Waals surface area contributed by atoms with E-state index in [1.54, 1.807) is 0 Å². The molecule has 0 aromatic heterocycles. The molecule has 0 heterocycles. The molecule has 0 aromatic rings. The maximum atomic E-state index is 12.5. The molecule has 39 heavy (non-hydrogen) atoms. The highest BCUT2D eigenvalue weighted by Gasteiger charge is 2.67. The second-order valence-electron chi connectivity index (χ2n) is 13.9. The molecule has 226 valence electrons. The molecule has 0 spiro atoms. The molecule has 4 fully saturated rings. The molecule has 4 aliphatic carbocycles. The van der Waals surface area contributed by atoms with Crippen LogP contribution in [0.15, 0.2) is 0 Å². The summed E-state index contributed by atoms with van der Waals surface area (Å²) in [5.74, 6) is 0.137. The van der Waals surface area contributed by atoms with Gasteiger partial charge in [-0.2, -0.15) is 8.42 Å². The summed E-state index contributed by atoms with van der Waals surface area (Å²) in [7, 11) is -4.32. The van der Waals surface area contributed by atoms with Crippen LogP contribution in [0.3, 0.4) is 0 Å². The lowest BCUT2D eigenvalue weighted by atomic mass is 9.41. The van der Waals surface area contributed by atoms with Gasteiger partial charge in [0.05, 0.1) is 36.7 Å². The number of amides is 1. The molecular formula is C29H51NO8S. The van der Waals surface area contributed by atoms with Crippen LogP contribution in [0.2, 0.25) is 0 Å². The molecule has 4 saturated carbocycles. The van der Waals surface area contributed by atoms with Gasteiger partial charge in [-0.15, -0.1) is 0 Å². The van der Waals surface area contributed by atoms with Gasteiger partial charge in [0.1, 0.15) is 0 Å². The van der Waals surface area contributed by atoms with E-state index in [2.05, 4.69) is 33.0 Å². The van der Waals surface area contributed by atoms with E-state index >= 15 is 0 Å². The maximum absolute atomic E-state index is 12.5. The molecule has 0 saturated heterocycles. The SMILES string of the molecule is CC[C@H]1[C@@H](O)[C@@H]2[C@H](C[C@H](O)[C@]3(C)[C@@H]([C@H](C)CCC(=O)N[C@@H](CO)CS(=O)(=O)O)CC[C@@H]23)[C@@]2(C)CC[C@@H](O)C[C@@H]12. The summed E-state index contributed by atoms with van der Waals surface area (Å²) in [5.41, 5.74) is -0.370. The highest BCUT2D eigenvalue weighted by molar-refractivity contribution is 7.85. The zero-order valence-corrected chi connectivity index (χ0v) is 24.8. The third kappa shape index (κ3) is 5.67. The standard InChI is InChI=1S/C29H51NO8S/c1-5-19-22-12-18(32)10-11-28(22,3)23-13-24(33)29(4)20(7-8-21(29)26(23)27(19)35)16(2)6-9-25(34)30-17(14-31)15-39(36,37)38/h16-24,26-27,31-33,35H,5-15H2,1-4H3,(H,30,34)(H,36,37,38)/t16-,17+,18-,19-,20-,21+,22+,23+,24+,26+,27-,28+,29-/m1/s1. The first-order valence-electron chi connectivity index (χ1n) is 15.1.